The Kier molecular flexibility index (Phi) is 4.81. The molecule has 0 aromatic heterocycles. The second kappa shape index (κ2) is 7.01. The van der Waals surface area contributed by atoms with Crippen LogP contribution in [0.4, 0.5) is 5.69 Å². The minimum Gasteiger partial charge on any atom is -0.486 e. The van der Waals surface area contributed by atoms with Crippen LogP contribution in [-0.4, -0.2) is 25.2 Å². The quantitative estimate of drug-likeness (QED) is 0.913. The molecule has 1 heterocycles. The van der Waals surface area contributed by atoms with Crippen molar-refractivity contribution < 1.29 is 19.0 Å². The fourth-order valence-electron chi connectivity index (χ4n) is 2.35. The molecule has 1 aliphatic heterocycles. The average Bonchev–Trinajstić information content (AvgIpc) is 2.57. The first-order chi connectivity index (χ1) is 11.5. The Morgan fingerprint density at radius 1 is 1.17 bits per heavy atom. The van der Waals surface area contributed by atoms with Gasteiger partial charge < -0.3 is 19.5 Å². The van der Waals surface area contributed by atoms with Gasteiger partial charge in [-0.3, -0.25) is 4.79 Å². The second-order valence-electron chi connectivity index (χ2n) is 5.52. The Labute approximate surface area is 145 Å². The van der Waals surface area contributed by atoms with E-state index in [0.717, 1.165) is 5.56 Å². The maximum Gasteiger partial charge on any atom is 0.265 e. The summed E-state index contributed by atoms with van der Waals surface area (Å²) >= 11 is 5.92. The van der Waals surface area contributed by atoms with E-state index in [1.54, 1.807) is 43.3 Å². The lowest BCUT2D eigenvalue weighted by Crippen LogP contribution is -2.30. The summed E-state index contributed by atoms with van der Waals surface area (Å²) in [4.78, 5) is 12.3. The molecule has 0 spiro atoms. The lowest BCUT2D eigenvalue weighted by atomic mass is 10.2. The third-order valence-electron chi connectivity index (χ3n) is 3.62. The van der Waals surface area contributed by atoms with Gasteiger partial charge in [-0.15, -0.1) is 0 Å². The minimum absolute atomic E-state index is 0.249. The number of aryl methyl sites for hydroxylation is 1. The van der Waals surface area contributed by atoms with Crippen molar-refractivity contribution in [3.05, 3.63) is 47.0 Å². The van der Waals surface area contributed by atoms with Crippen molar-refractivity contribution >= 4 is 23.2 Å². The van der Waals surface area contributed by atoms with Crippen LogP contribution in [0.2, 0.25) is 5.02 Å². The molecule has 5 nitrogen and oxygen atoms in total. The maximum atomic E-state index is 12.3. The Morgan fingerprint density at radius 2 is 1.92 bits per heavy atom. The van der Waals surface area contributed by atoms with Gasteiger partial charge in [-0.1, -0.05) is 11.6 Å². The number of nitrogens with one attached hydrogen (secondary N) is 1. The van der Waals surface area contributed by atoms with Crippen molar-refractivity contribution in [3.8, 4) is 17.2 Å². The standard InChI is InChI=1S/C18H18ClNO4/c1-11-9-13(19)3-5-15(11)24-12(2)18(21)20-14-4-6-16-17(10-14)23-8-7-22-16/h3-6,9-10,12H,7-8H2,1-2H3,(H,20,21)/t12-/m0/s1. The van der Waals surface area contributed by atoms with Gasteiger partial charge in [-0.05, 0) is 49.7 Å². The van der Waals surface area contributed by atoms with Crippen molar-refractivity contribution in [1.82, 2.24) is 0 Å². The molecule has 2 aromatic carbocycles. The van der Waals surface area contributed by atoms with Crippen LogP contribution >= 0.6 is 11.6 Å². The van der Waals surface area contributed by atoms with E-state index in [4.69, 9.17) is 25.8 Å². The molecular weight excluding hydrogens is 330 g/mol. The summed E-state index contributed by atoms with van der Waals surface area (Å²) < 4.78 is 16.7. The van der Waals surface area contributed by atoms with Gasteiger partial charge in [0.15, 0.2) is 17.6 Å². The fraction of sp³-hybridized carbons (Fsp3) is 0.278. The molecule has 3 rings (SSSR count). The average molecular weight is 348 g/mol. The lowest BCUT2D eigenvalue weighted by molar-refractivity contribution is -0.122. The second-order valence-corrected chi connectivity index (χ2v) is 5.95. The zero-order chi connectivity index (χ0) is 17.1. The number of ether oxygens (including phenoxy) is 3. The number of rotatable bonds is 4. The van der Waals surface area contributed by atoms with E-state index >= 15 is 0 Å². The Bertz CT molecular complexity index is 763. The van der Waals surface area contributed by atoms with Crippen LogP contribution in [0, 0.1) is 6.92 Å². The topological polar surface area (TPSA) is 56.8 Å². The van der Waals surface area contributed by atoms with Gasteiger partial charge in [0.1, 0.15) is 19.0 Å². The molecule has 0 aliphatic carbocycles. The number of amides is 1. The third-order valence-corrected chi connectivity index (χ3v) is 3.85. The highest BCUT2D eigenvalue weighted by atomic mass is 35.5. The van der Waals surface area contributed by atoms with Gasteiger partial charge >= 0.3 is 0 Å². The molecule has 0 bridgehead atoms. The molecule has 0 saturated carbocycles. The third kappa shape index (κ3) is 3.74. The molecule has 2 aromatic rings. The highest BCUT2D eigenvalue weighted by Gasteiger charge is 2.18. The van der Waals surface area contributed by atoms with Gasteiger partial charge in [0.05, 0.1) is 0 Å². The van der Waals surface area contributed by atoms with Gasteiger partial charge in [0.2, 0.25) is 0 Å². The summed E-state index contributed by atoms with van der Waals surface area (Å²) in [6, 6.07) is 10.6. The number of hydrogen-bond donors (Lipinski definition) is 1. The van der Waals surface area contributed by atoms with Crippen LogP contribution in [0.5, 0.6) is 17.2 Å². The summed E-state index contributed by atoms with van der Waals surface area (Å²) in [6.45, 7) is 4.61. The summed E-state index contributed by atoms with van der Waals surface area (Å²) in [5.41, 5.74) is 1.51. The summed E-state index contributed by atoms with van der Waals surface area (Å²) in [6.07, 6.45) is -0.655. The number of anilines is 1. The van der Waals surface area contributed by atoms with E-state index in [-0.39, 0.29) is 5.91 Å². The SMILES string of the molecule is Cc1cc(Cl)ccc1O[C@@H](C)C(=O)Nc1ccc2c(c1)OCCO2. The molecule has 0 radical (unpaired) electrons. The molecule has 126 valence electrons. The molecule has 0 unspecified atom stereocenters. The molecule has 24 heavy (non-hydrogen) atoms. The van der Waals surface area contributed by atoms with Crippen LogP contribution in [0.25, 0.3) is 0 Å². The van der Waals surface area contributed by atoms with E-state index in [0.29, 0.717) is 41.2 Å². The van der Waals surface area contributed by atoms with Gasteiger partial charge in [-0.2, -0.15) is 0 Å². The number of hydrogen-bond acceptors (Lipinski definition) is 4. The van der Waals surface area contributed by atoms with Crippen molar-refractivity contribution in [2.45, 2.75) is 20.0 Å². The number of carbonyl (C=O) groups excluding carboxylic acids is 1. The number of benzene rings is 2. The van der Waals surface area contributed by atoms with Crippen molar-refractivity contribution in [2.24, 2.45) is 0 Å². The highest BCUT2D eigenvalue weighted by Crippen LogP contribution is 2.32. The van der Waals surface area contributed by atoms with Crippen LogP contribution in [0.3, 0.4) is 0 Å². The van der Waals surface area contributed by atoms with Crippen LogP contribution in [-0.2, 0) is 4.79 Å². The Balaban J connectivity index is 1.65. The lowest BCUT2D eigenvalue weighted by Gasteiger charge is -2.20. The monoisotopic (exact) mass is 347 g/mol. The normalized spacial score (nSPS) is 14.0. The molecule has 1 atom stereocenters. The zero-order valence-electron chi connectivity index (χ0n) is 13.5. The fourth-order valence-corrected chi connectivity index (χ4v) is 2.58. The van der Waals surface area contributed by atoms with E-state index in [1.165, 1.54) is 0 Å². The molecule has 1 aliphatic rings. The van der Waals surface area contributed by atoms with E-state index in [1.807, 2.05) is 6.92 Å². The summed E-state index contributed by atoms with van der Waals surface area (Å²) in [7, 11) is 0. The van der Waals surface area contributed by atoms with E-state index < -0.39 is 6.10 Å². The van der Waals surface area contributed by atoms with E-state index in [2.05, 4.69) is 5.32 Å². The molecule has 6 heteroatoms. The summed E-state index contributed by atoms with van der Waals surface area (Å²) in [5.74, 6) is 1.69. The number of fused-ring (bicyclic) bond motifs is 1. The molecule has 1 N–H and O–H groups in total. The van der Waals surface area contributed by atoms with Crippen LogP contribution < -0.4 is 19.5 Å². The zero-order valence-corrected chi connectivity index (χ0v) is 14.2. The minimum atomic E-state index is -0.655. The maximum absolute atomic E-state index is 12.3. The van der Waals surface area contributed by atoms with E-state index in [9.17, 15) is 4.79 Å². The van der Waals surface area contributed by atoms with Crippen molar-refractivity contribution in [2.75, 3.05) is 18.5 Å². The first-order valence-electron chi connectivity index (χ1n) is 7.66. The predicted octanol–water partition coefficient (Wildman–Crippen LogP) is 3.83. The van der Waals surface area contributed by atoms with Gasteiger partial charge in [0.25, 0.3) is 5.91 Å². The summed E-state index contributed by atoms with van der Waals surface area (Å²) in [5, 5.41) is 3.45. The van der Waals surface area contributed by atoms with Gasteiger partial charge in [-0.25, -0.2) is 0 Å². The Morgan fingerprint density at radius 3 is 2.67 bits per heavy atom. The van der Waals surface area contributed by atoms with Crippen LogP contribution in [0.1, 0.15) is 12.5 Å². The highest BCUT2D eigenvalue weighted by molar-refractivity contribution is 6.30. The van der Waals surface area contributed by atoms with Crippen molar-refractivity contribution in [1.29, 1.82) is 0 Å². The van der Waals surface area contributed by atoms with Crippen molar-refractivity contribution in [3.63, 3.8) is 0 Å². The molecule has 0 fully saturated rings. The number of carbonyl (C=O) groups is 1. The first kappa shape index (κ1) is 16.5. The smallest absolute Gasteiger partial charge is 0.265 e. The number of halogens is 1. The predicted molar refractivity (Wildman–Crippen MR) is 92.3 cm³/mol. The largest absolute Gasteiger partial charge is 0.486 e. The first-order valence-corrected chi connectivity index (χ1v) is 8.04. The molecule has 0 saturated heterocycles. The Hall–Kier alpha value is -2.40. The van der Waals surface area contributed by atoms with Crippen LogP contribution in [0.15, 0.2) is 36.4 Å². The molecule has 1 amide bonds. The van der Waals surface area contributed by atoms with Gasteiger partial charge in [0, 0.05) is 16.8 Å². The molecular formula is C18H18ClNO4.